The molecule has 0 bridgehead atoms. The molecule has 174 valence electrons. The first-order chi connectivity index (χ1) is 16.9. The summed E-state index contributed by atoms with van der Waals surface area (Å²) in [5.74, 6) is -1.79. The molecule has 5 rings (SSSR count). The van der Waals surface area contributed by atoms with E-state index in [-0.39, 0.29) is 17.5 Å². The van der Waals surface area contributed by atoms with Crippen LogP contribution in [0.1, 0.15) is 22.3 Å². The molecule has 12 nitrogen and oxygen atoms in total. The molecule has 0 aliphatic rings. The Hall–Kier alpha value is -5.13. The maximum absolute atomic E-state index is 13.3. The molecule has 1 unspecified atom stereocenters. The second-order valence-electron chi connectivity index (χ2n) is 7.78. The van der Waals surface area contributed by atoms with Crippen molar-refractivity contribution >= 4 is 22.9 Å². The van der Waals surface area contributed by atoms with Crippen molar-refractivity contribution < 1.29 is 14.7 Å². The molecule has 0 aliphatic carbocycles. The van der Waals surface area contributed by atoms with E-state index >= 15 is 0 Å². The van der Waals surface area contributed by atoms with Gasteiger partial charge >= 0.3 is 5.97 Å². The Balaban J connectivity index is 1.85. The van der Waals surface area contributed by atoms with Gasteiger partial charge < -0.3 is 20.0 Å². The van der Waals surface area contributed by atoms with E-state index in [1.807, 2.05) is 0 Å². The van der Waals surface area contributed by atoms with E-state index in [2.05, 4.69) is 25.1 Å². The van der Waals surface area contributed by atoms with Crippen molar-refractivity contribution in [3.05, 3.63) is 95.3 Å². The Morgan fingerprint density at radius 1 is 1.06 bits per heavy atom. The van der Waals surface area contributed by atoms with Crippen LogP contribution < -0.4 is 11.3 Å². The van der Waals surface area contributed by atoms with Gasteiger partial charge in [0.15, 0.2) is 5.66 Å². The molecule has 0 aliphatic heterocycles. The molecule has 5 aromatic rings. The largest absolute Gasteiger partial charge is 0.478 e. The summed E-state index contributed by atoms with van der Waals surface area (Å²) >= 11 is 0. The number of benzene rings is 1. The van der Waals surface area contributed by atoms with E-state index < -0.39 is 23.1 Å². The summed E-state index contributed by atoms with van der Waals surface area (Å²) in [4.78, 5) is 49.7. The Kier molecular flexibility index (Phi) is 5.17. The van der Waals surface area contributed by atoms with E-state index in [0.29, 0.717) is 22.3 Å². The van der Waals surface area contributed by atoms with Crippen LogP contribution in [0.25, 0.3) is 22.3 Å². The van der Waals surface area contributed by atoms with Crippen LogP contribution in [0.4, 0.5) is 0 Å². The SMILES string of the molecule is NC(=O)CC(c1cc(-c2ccncc2)n[nH]c1=O)(n1ccnc1)n1cnc2cc(C(=O)O)ccc21. The number of carbonyl (C=O) groups excluding carboxylic acids is 1. The molecule has 0 saturated carbocycles. The summed E-state index contributed by atoms with van der Waals surface area (Å²) in [5.41, 5.74) is 5.80. The van der Waals surface area contributed by atoms with Gasteiger partial charge in [0.25, 0.3) is 5.56 Å². The van der Waals surface area contributed by atoms with Gasteiger partial charge in [0.2, 0.25) is 5.91 Å². The lowest BCUT2D eigenvalue weighted by Crippen LogP contribution is -2.48. The summed E-state index contributed by atoms with van der Waals surface area (Å²) in [6.45, 7) is 0. The van der Waals surface area contributed by atoms with Gasteiger partial charge in [-0.15, -0.1) is 0 Å². The third kappa shape index (κ3) is 3.62. The normalized spacial score (nSPS) is 12.9. The van der Waals surface area contributed by atoms with Crippen LogP contribution in [0.5, 0.6) is 0 Å². The number of nitrogens with two attached hydrogens (primary N) is 1. The molecule has 4 aromatic heterocycles. The number of aromatic carboxylic acids is 1. The number of primary amides is 1. The van der Waals surface area contributed by atoms with Gasteiger partial charge in [-0.1, -0.05) is 0 Å². The number of H-pyrrole nitrogens is 1. The van der Waals surface area contributed by atoms with Gasteiger partial charge in [-0.2, -0.15) is 5.10 Å². The average molecular weight is 470 g/mol. The number of rotatable bonds is 7. The molecule has 4 N–H and O–H groups in total. The monoisotopic (exact) mass is 470 g/mol. The van der Waals surface area contributed by atoms with Gasteiger partial charge in [0.05, 0.1) is 46.9 Å². The second kappa shape index (κ2) is 8.33. The number of carbonyl (C=O) groups is 2. The van der Waals surface area contributed by atoms with Crippen LogP contribution in [0.2, 0.25) is 0 Å². The van der Waals surface area contributed by atoms with Crippen LogP contribution >= 0.6 is 0 Å². The number of carboxylic acids is 1. The van der Waals surface area contributed by atoms with Gasteiger partial charge in [-0.05, 0) is 36.4 Å². The van der Waals surface area contributed by atoms with Crippen molar-refractivity contribution in [2.24, 2.45) is 5.73 Å². The molecule has 0 fully saturated rings. The van der Waals surface area contributed by atoms with E-state index in [4.69, 9.17) is 5.73 Å². The highest BCUT2D eigenvalue weighted by Gasteiger charge is 2.42. The standard InChI is InChI=1S/C23H18N8O4/c24-20(32)11-23(30-8-7-26-12-30,31-13-27-18-9-15(22(34)35)1-2-19(18)31)16-10-17(28-29-21(16)33)14-3-5-25-6-4-14/h1-10,12-13H,11H2,(H2,24,32)(H,29,33)(H,34,35). The summed E-state index contributed by atoms with van der Waals surface area (Å²) in [6.07, 6.45) is 8.87. The van der Waals surface area contributed by atoms with Crippen LogP contribution in [-0.4, -0.2) is 51.3 Å². The zero-order valence-corrected chi connectivity index (χ0v) is 18.1. The van der Waals surface area contributed by atoms with Crippen LogP contribution in [0.15, 0.2) is 78.6 Å². The lowest BCUT2D eigenvalue weighted by molar-refractivity contribution is -0.119. The third-order valence-electron chi connectivity index (χ3n) is 5.76. The van der Waals surface area contributed by atoms with Gasteiger partial charge in [-0.3, -0.25) is 14.6 Å². The number of pyridine rings is 1. The summed E-state index contributed by atoms with van der Waals surface area (Å²) in [7, 11) is 0. The van der Waals surface area contributed by atoms with Gasteiger partial charge in [0.1, 0.15) is 0 Å². The molecule has 1 aromatic carbocycles. The predicted molar refractivity (Wildman–Crippen MR) is 123 cm³/mol. The van der Waals surface area contributed by atoms with Crippen LogP contribution in [0, 0.1) is 0 Å². The number of aromatic nitrogens is 7. The fourth-order valence-corrected chi connectivity index (χ4v) is 4.20. The number of aromatic amines is 1. The molecule has 0 saturated heterocycles. The highest BCUT2D eigenvalue weighted by Crippen LogP contribution is 2.34. The topological polar surface area (TPSA) is 175 Å². The van der Waals surface area contributed by atoms with Crippen molar-refractivity contribution in [1.82, 2.24) is 34.3 Å². The highest BCUT2D eigenvalue weighted by molar-refractivity contribution is 5.92. The smallest absolute Gasteiger partial charge is 0.335 e. The number of fused-ring (bicyclic) bond motifs is 1. The number of hydrogen-bond donors (Lipinski definition) is 3. The van der Waals surface area contributed by atoms with E-state index in [1.165, 1.54) is 31.0 Å². The number of carboxylic acid groups (broad SMARTS) is 1. The van der Waals surface area contributed by atoms with Crippen molar-refractivity contribution in [1.29, 1.82) is 0 Å². The Morgan fingerprint density at radius 2 is 1.86 bits per heavy atom. The summed E-state index contributed by atoms with van der Waals surface area (Å²) < 4.78 is 3.20. The maximum atomic E-state index is 13.3. The second-order valence-corrected chi connectivity index (χ2v) is 7.78. The van der Waals surface area contributed by atoms with E-state index in [9.17, 15) is 19.5 Å². The molecular formula is C23H18N8O4. The number of amides is 1. The number of nitrogens with zero attached hydrogens (tertiary/aromatic N) is 6. The van der Waals surface area contributed by atoms with Crippen molar-refractivity contribution in [2.75, 3.05) is 0 Å². The van der Waals surface area contributed by atoms with Crippen LogP contribution in [-0.2, 0) is 10.5 Å². The molecule has 35 heavy (non-hydrogen) atoms. The Labute approximate surface area is 196 Å². The first-order valence-electron chi connectivity index (χ1n) is 10.4. The minimum Gasteiger partial charge on any atom is -0.478 e. The average Bonchev–Trinajstić information content (AvgIpc) is 3.54. The van der Waals surface area contributed by atoms with Gasteiger partial charge in [-0.25, -0.2) is 19.9 Å². The Bertz CT molecular complexity index is 1610. The fraction of sp³-hybridized carbons (Fsp3) is 0.0870. The van der Waals surface area contributed by atoms with Gasteiger partial charge in [0, 0.05) is 30.4 Å². The van der Waals surface area contributed by atoms with Crippen molar-refractivity contribution in [3.63, 3.8) is 0 Å². The predicted octanol–water partition coefficient (Wildman–Crippen LogP) is 1.20. The number of nitrogens with one attached hydrogen (secondary N) is 1. The molecule has 1 atom stereocenters. The lowest BCUT2D eigenvalue weighted by Gasteiger charge is -2.36. The zero-order valence-electron chi connectivity index (χ0n) is 18.1. The third-order valence-corrected chi connectivity index (χ3v) is 5.76. The van der Waals surface area contributed by atoms with Crippen molar-refractivity contribution in [3.8, 4) is 11.3 Å². The molecule has 12 heteroatoms. The molecule has 4 heterocycles. The fourth-order valence-electron chi connectivity index (χ4n) is 4.20. The van der Waals surface area contributed by atoms with E-state index in [0.717, 1.165) is 0 Å². The van der Waals surface area contributed by atoms with Crippen molar-refractivity contribution in [2.45, 2.75) is 12.1 Å². The molecule has 0 spiro atoms. The lowest BCUT2D eigenvalue weighted by atomic mass is 9.94. The van der Waals surface area contributed by atoms with Crippen LogP contribution in [0.3, 0.4) is 0 Å². The maximum Gasteiger partial charge on any atom is 0.335 e. The quantitative estimate of drug-likeness (QED) is 0.318. The number of hydrogen-bond acceptors (Lipinski definition) is 7. The highest BCUT2D eigenvalue weighted by atomic mass is 16.4. The minimum absolute atomic E-state index is 0.0487. The first kappa shape index (κ1) is 21.7. The summed E-state index contributed by atoms with van der Waals surface area (Å²) in [6, 6.07) is 9.45. The minimum atomic E-state index is -1.53. The first-order valence-corrected chi connectivity index (χ1v) is 10.4. The zero-order chi connectivity index (χ0) is 24.6. The van der Waals surface area contributed by atoms with E-state index in [1.54, 1.807) is 52.0 Å². The molecule has 1 amide bonds. The number of imidazole rings is 2. The summed E-state index contributed by atoms with van der Waals surface area (Å²) in [5, 5.41) is 16.0. The Morgan fingerprint density at radius 3 is 2.54 bits per heavy atom. The molecule has 0 radical (unpaired) electrons. The molecular weight excluding hydrogens is 452 g/mol.